The molecule has 1 amide bonds. The summed E-state index contributed by atoms with van der Waals surface area (Å²) in [5, 5.41) is 10.5. The third kappa shape index (κ3) is 3.82. The summed E-state index contributed by atoms with van der Waals surface area (Å²) in [4.78, 5) is 31.6. The van der Waals surface area contributed by atoms with E-state index >= 15 is 0 Å². The first-order chi connectivity index (χ1) is 15.6. The molecule has 32 heavy (non-hydrogen) atoms. The van der Waals surface area contributed by atoms with Crippen molar-refractivity contribution in [2.75, 3.05) is 6.61 Å². The number of amides is 1. The van der Waals surface area contributed by atoms with Crippen molar-refractivity contribution in [2.45, 2.75) is 44.7 Å². The number of halogens is 1. The lowest BCUT2D eigenvalue weighted by Crippen LogP contribution is -2.37. The second-order valence-corrected chi connectivity index (χ2v) is 8.48. The van der Waals surface area contributed by atoms with Crippen molar-refractivity contribution in [1.29, 1.82) is 5.26 Å². The number of imidazole rings is 1. The molecule has 8 nitrogen and oxygen atoms in total. The normalized spacial score (nSPS) is 23.4. The number of hydroxylamine groups is 2. The molecule has 2 aliphatic rings. The second-order valence-electron chi connectivity index (χ2n) is 8.48. The quantitative estimate of drug-likeness (QED) is 0.623. The first-order valence-electron chi connectivity index (χ1n) is 10.9. The summed E-state index contributed by atoms with van der Waals surface area (Å²) in [6.45, 7) is 1.21. The van der Waals surface area contributed by atoms with Crippen molar-refractivity contribution >= 4 is 16.9 Å². The van der Waals surface area contributed by atoms with E-state index in [1.165, 1.54) is 17.2 Å². The molecule has 164 valence electrons. The van der Waals surface area contributed by atoms with Gasteiger partial charge >= 0.3 is 0 Å². The minimum Gasteiger partial charge on any atom is -0.330 e. The van der Waals surface area contributed by atoms with Gasteiger partial charge in [0.1, 0.15) is 17.9 Å². The molecular weight excluding hydrogens is 411 g/mol. The average molecular weight is 434 g/mol. The van der Waals surface area contributed by atoms with Crippen LogP contribution >= 0.6 is 0 Å². The zero-order valence-corrected chi connectivity index (χ0v) is 17.5. The van der Waals surface area contributed by atoms with E-state index in [0.717, 1.165) is 37.8 Å². The molecule has 1 atom stereocenters. The molecule has 0 spiro atoms. The standard InChI is InChI=1S/C23H23FN6O2/c24-18-10-22-19(9-17(18)11-25)28-14-29(22)13-15-1-3-16(4-2-15)23(31)30-21(5-8-32-30)20-12-26-6-7-27-20/h6-7,9-10,12,14-16,21H,1-5,8,13H2/t15?,16?,21-/m0/s1. The molecule has 0 bridgehead atoms. The number of carbonyl (C=O) groups is 1. The molecule has 0 unspecified atom stereocenters. The van der Waals surface area contributed by atoms with Gasteiger partial charge in [0, 0.05) is 37.3 Å². The summed E-state index contributed by atoms with van der Waals surface area (Å²) in [6.07, 6.45) is 10.7. The molecule has 0 radical (unpaired) electrons. The fraction of sp³-hybridized carbons (Fsp3) is 0.435. The lowest BCUT2D eigenvalue weighted by Gasteiger charge is -2.31. The molecule has 1 aliphatic heterocycles. The van der Waals surface area contributed by atoms with Gasteiger partial charge in [-0.25, -0.2) is 14.4 Å². The first kappa shape index (κ1) is 20.5. The lowest BCUT2D eigenvalue weighted by molar-refractivity contribution is -0.183. The van der Waals surface area contributed by atoms with Gasteiger partial charge in [-0.05, 0) is 37.7 Å². The molecule has 0 N–H and O–H groups in total. The second kappa shape index (κ2) is 8.63. The number of rotatable bonds is 4. The maximum Gasteiger partial charge on any atom is 0.249 e. The highest BCUT2D eigenvalue weighted by Gasteiger charge is 2.38. The third-order valence-electron chi connectivity index (χ3n) is 6.53. The Morgan fingerprint density at radius 3 is 2.78 bits per heavy atom. The number of hydrogen-bond acceptors (Lipinski definition) is 6. The smallest absolute Gasteiger partial charge is 0.249 e. The zero-order chi connectivity index (χ0) is 22.1. The molecular formula is C23H23FN6O2. The number of carbonyl (C=O) groups excluding carboxylic acids is 1. The summed E-state index contributed by atoms with van der Waals surface area (Å²) in [5.41, 5.74) is 2.07. The Bertz CT molecular complexity index is 1170. The maximum absolute atomic E-state index is 14.1. The summed E-state index contributed by atoms with van der Waals surface area (Å²) in [5.74, 6) is -0.195. The van der Waals surface area contributed by atoms with Gasteiger partial charge in [0.25, 0.3) is 0 Å². The van der Waals surface area contributed by atoms with Crippen LogP contribution in [0.3, 0.4) is 0 Å². The van der Waals surface area contributed by atoms with Gasteiger partial charge in [0.05, 0.1) is 41.4 Å². The number of nitriles is 1. The first-order valence-corrected chi connectivity index (χ1v) is 10.9. The molecule has 1 aromatic carbocycles. The van der Waals surface area contributed by atoms with Crippen LogP contribution in [0.15, 0.2) is 37.1 Å². The highest BCUT2D eigenvalue weighted by atomic mass is 19.1. The Kier molecular flexibility index (Phi) is 5.53. The monoisotopic (exact) mass is 434 g/mol. The topological polar surface area (TPSA) is 96.9 Å². The van der Waals surface area contributed by atoms with Crippen LogP contribution in [0.1, 0.15) is 49.4 Å². The molecule has 1 aliphatic carbocycles. The van der Waals surface area contributed by atoms with E-state index in [1.807, 2.05) is 10.6 Å². The van der Waals surface area contributed by atoms with Gasteiger partial charge in [-0.3, -0.25) is 19.6 Å². The predicted molar refractivity (Wildman–Crippen MR) is 112 cm³/mol. The van der Waals surface area contributed by atoms with Crippen LogP contribution in [0, 0.1) is 29.0 Å². The predicted octanol–water partition coefficient (Wildman–Crippen LogP) is 3.55. The van der Waals surface area contributed by atoms with Gasteiger partial charge in [0.15, 0.2) is 0 Å². The molecule has 2 aromatic heterocycles. The summed E-state index contributed by atoms with van der Waals surface area (Å²) in [6, 6.07) is 4.54. The highest BCUT2D eigenvalue weighted by Crippen LogP contribution is 2.36. The lowest BCUT2D eigenvalue weighted by atomic mass is 9.81. The van der Waals surface area contributed by atoms with Crippen LogP contribution in [-0.4, -0.2) is 37.1 Å². The van der Waals surface area contributed by atoms with Crippen LogP contribution in [0.2, 0.25) is 0 Å². The molecule has 2 fully saturated rings. The Balaban J connectivity index is 1.22. The SMILES string of the molecule is N#Cc1cc2ncn(CC3CCC(C(=O)N4OCC[C@H]4c4cnccn4)CC3)c2cc1F. The minimum atomic E-state index is -0.528. The summed E-state index contributed by atoms with van der Waals surface area (Å²) in [7, 11) is 0. The minimum absolute atomic E-state index is 0.00527. The van der Waals surface area contributed by atoms with Crippen molar-refractivity contribution in [3.63, 3.8) is 0 Å². The van der Waals surface area contributed by atoms with Crippen molar-refractivity contribution in [3.05, 3.63) is 54.1 Å². The molecule has 3 heterocycles. The zero-order valence-electron chi connectivity index (χ0n) is 17.5. The number of benzene rings is 1. The number of fused-ring (bicyclic) bond motifs is 1. The van der Waals surface area contributed by atoms with E-state index < -0.39 is 5.82 Å². The number of aromatic nitrogens is 4. The third-order valence-corrected chi connectivity index (χ3v) is 6.53. The molecule has 1 saturated carbocycles. The van der Waals surface area contributed by atoms with E-state index in [0.29, 0.717) is 30.1 Å². The Hall–Kier alpha value is -3.38. The van der Waals surface area contributed by atoms with Crippen LogP contribution in [0.5, 0.6) is 0 Å². The van der Waals surface area contributed by atoms with Gasteiger partial charge in [-0.15, -0.1) is 0 Å². The maximum atomic E-state index is 14.1. The van der Waals surface area contributed by atoms with Gasteiger partial charge in [-0.1, -0.05) is 0 Å². The molecule has 3 aromatic rings. The van der Waals surface area contributed by atoms with Gasteiger partial charge in [0.2, 0.25) is 5.91 Å². The largest absolute Gasteiger partial charge is 0.330 e. The van der Waals surface area contributed by atoms with Gasteiger partial charge < -0.3 is 4.57 Å². The van der Waals surface area contributed by atoms with Crippen molar-refractivity contribution in [2.24, 2.45) is 11.8 Å². The fourth-order valence-corrected chi connectivity index (χ4v) is 4.80. The number of nitrogens with zero attached hydrogens (tertiary/aromatic N) is 6. The van der Waals surface area contributed by atoms with E-state index in [4.69, 9.17) is 10.1 Å². The summed E-state index contributed by atoms with van der Waals surface area (Å²) < 4.78 is 16.0. The van der Waals surface area contributed by atoms with Crippen molar-refractivity contribution < 1.29 is 14.0 Å². The van der Waals surface area contributed by atoms with Crippen LogP contribution in [0.4, 0.5) is 4.39 Å². The van der Waals surface area contributed by atoms with Gasteiger partial charge in [-0.2, -0.15) is 5.26 Å². The van der Waals surface area contributed by atoms with Crippen molar-refractivity contribution in [1.82, 2.24) is 24.6 Å². The molecule has 5 rings (SSSR count). The fourth-order valence-electron chi connectivity index (χ4n) is 4.80. The average Bonchev–Trinajstić information content (AvgIpc) is 3.47. The molecule has 1 saturated heterocycles. The van der Waals surface area contributed by atoms with Crippen LogP contribution in [0.25, 0.3) is 11.0 Å². The van der Waals surface area contributed by atoms with Crippen molar-refractivity contribution in [3.8, 4) is 6.07 Å². The Labute approximate surface area is 184 Å². The van der Waals surface area contributed by atoms with Crippen LogP contribution in [-0.2, 0) is 16.2 Å². The number of hydrogen-bond donors (Lipinski definition) is 0. The van der Waals surface area contributed by atoms with E-state index in [1.54, 1.807) is 24.9 Å². The van der Waals surface area contributed by atoms with E-state index in [-0.39, 0.29) is 23.4 Å². The molecule has 9 heteroatoms. The van der Waals surface area contributed by atoms with Crippen LogP contribution < -0.4 is 0 Å². The summed E-state index contributed by atoms with van der Waals surface area (Å²) >= 11 is 0. The highest BCUT2D eigenvalue weighted by molar-refractivity contribution is 5.79. The Morgan fingerprint density at radius 2 is 2.03 bits per heavy atom. The Morgan fingerprint density at radius 1 is 1.19 bits per heavy atom. The van der Waals surface area contributed by atoms with E-state index in [9.17, 15) is 9.18 Å². The van der Waals surface area contributed by atoms with E-state index in [2.05, 4.69) is 15.0 Å².